The second-order valence-corrected chi connectivity index (χ2v) is 6.57. The Bertz CT molecular complexity index is 639. The van der Waals surface area contributed by atoms with E-state index in [1.807, 2.05) is 19.2 Å². The van der Waals surface area contributed by atoms with E-state index in [0.717, 1.165) is 38.8 Å². The van der Waals surface area contributed by atoms with Crippen molar-refractivity contribution in [3.8, 4) is 11.5 Å². The summed E-state index contributed by atoms with van der Waals surface area (Å²) in [5.41, 5.74) is 4.03. The van der Waals surface area contributed by atoms with Crippen molar-refractivity contribution in [3.63, 3.8) is 0 Å². The summed E-state index contributed by atoms with van der Waals surface area (Å²) < 4.78 is 11.1. The molecule has 4 nitrogen and oxygen atoms in total. The lowest BCUT2D eigenvalue weighted by Crippen LogP contribution is -2.52. The number of rotatable bonds is 2. The van der Waals surface area contributed by atoms with Gasteiger partial charge in [-0.15, -0.1) is 0 Å². The first-order valence-electron chi connectivity index (χ1n) is 8.06. The summed E-state index contributed by atoms with van der Waals surface area (Å²) in [6.07, 6.45) is 6.87. The monoisotopic (exact) mass is 301 g/mol. The molecule has 0 aromatic heterocycles. The highest BCUT2D eigenvalue weighted by Crippen LogP contribution is 2.53. The van der Waals surface area contributed by atoms with Crippen molar-refractivity contribution in [3.05, 3.63) is 34.9 Å². The molecule has 22 heavy (non-hydrogen) atoms. The number of fused-ring (bicyclic) bond motifs is 1. The van der Waals surface area contributed by atoms with E-state index >= 15 is 0 Å². The Kier molecular flexibility index (Phi) is 3.20. The fraction of sp³-hybridized carbons (Fsp3) is 0.556. The van der Waals surface area contributed by atoms with E-state index in [1.165, 1.54) is 16.7 Å². The van der Waals surface area contributed by atoms with Gasteiger partial charge >= 0.3 is 0 Å². The zero-order valence-electron chi connectivity index (χ0n) is 13.3. The van der Waals surface area contributed by atoms with Gasteiger partial charge in [0, 0.05) is 26.6 Å². The standard InChI is InChI=1S/C18H23NO3/c1-21-14-4-3-13-6-8-19-7-5-12-9-16(20)17(22-2)10-15(12)18(13,19)11-14/h6,9-10,14,20H,3-5,7-8,11H2,1-2H3. The number of hydrogen-bond acceptors (Lipinski definition) is 4. The predicted octanol–water partition coefficient (Wildman–Crippen LogP) is 2.59. The lowest BCUT2D eigenvalue weighted by Gasteiger charge is -2.50. The van der Waals surface area contributed by atoms with Gasteiger partial charge in [0.2, 0.25) is 0 Å². The molecule has 2 atom stereocenters. The van der Waals surface area contributed by atoms with Gasteiger partial charge < -0.3 is 14.6 Å². The molecule has 3 aliphatic rings. The molecular formula is C18H23NO3. The van der Waals surface area contributed by atoms with Crippen molar-refractivity contribution in [2.45, 2.75) is 37.3 Å². The van der Waals surface area contributed by atoms with Crippen LogP contribution in [-0.4, -0.2) is 43.4 Å². The van der Waals surface area contributed by atoms with Crippen LogP contribution in [0, 0.1) is 0 Å². The summed E-state index contributed by atoms with van der Waals surface area (Å²) in [5, 5.41) is 10.1. The number of benzene rings is 1. The largest absolute Gasteiger partial charge is 0.504 e. The molecule has 4 rings (SSSR count). The number of ether oxygens (including phenoxy) is 2. The molecule has 2 unspecified atom stereocenters. The van der Waals surface area contributed by atoms with Crippen molar-refractivity contribution >= 4 is 0 Å². The summed E-state index contributed by atoms with van der Waals surface area (Å²) in [4.78, 5) is 2.58. The van der Waals surface area contributed by atoms with Crippen molar-refractivity contribution in [2.24, 2.45) is 0 Å². The third-order valence-corrected chi connectivity index (χ3v) is 5.72. The molecule has 1 aromatic rings. The lowest BCUT2D eigenvalue weighted by molar-refractivity contribution is 0.00916. The number of phenols is 1. The third kappa shape index (κ3) is 1.77. The molecule has 2 aliphatic heterocycles. The average Bonchev–Trinajstić information content (AvgIpc) is 2.92. The minimum Gasteiger partial charge on any atom is -0.504 e. The first kappa shape index (κ1) is 14.1. The van der Waals surface area contributed by atoms with Crippen molar-refractivity contribution in [1.29, 1.82) is 0 Å². The number of hydrogen-bond donors (Lipinski definition) is 1. The minimum atomic E-state index is -0.0481. The van der Waals surface area contributed by atoms with Gasteiger partial charge in [0.25, 0.3) is 0 Å². The van der Waals surface area contributed by atoms with Gasteiger partial charge in [-0.25, -0.2) is 0 Å². The van der Waals surface area contributed by atoms with Crippen molar-refractivity contribution < 1.29 is 14.6 Å². The Hall–Kier alpha value is -1.52. The second-order valence-electron chi connectivity index (χ2n) is 6.57. The molecular weight excluding hydrogens is 278 g/mol. The van der Waals surface area contributed by atoms with Crippen molar-refractivity contribution in [1.82, 2.24) is 4.90 Å². The van der Waals surface area contributed by atoms with Gasteiger partial charge in [-0.1, -0.05) is 6.08 Å². The minimum absolute atomic E-state index is 0.0481. The van der Waals surface area contributed by atoms with Crippen LogP contribution in [0.2, 0.25) is 0 Å². The number of aromatic hydroxyl groups is 1. The van der Waals surface area contributed by atoms with E-state index in [0.29, 0.717) is 11.9 Å². The van der Waals surface area contributed by atoms with E-state index in [-0.39, 0.29) is 11.3 Å². The average molecular weight is 301 g/mol. The molecule has 0 bridgehead atoms. The van der Waals surface area contributed by atoms with E-state index in [1.54, 1.807) is 7.11 Å². The van der Waals surface area contributed by atoms with Crippen LogP contribution in [0.3, 0.4) is 0 Å². The zero-order chi connectivity index (χ0) is 15.3. The smallest absolute Gasteiger partial charge is 0.160 e. The maximum absolute atomic E-state index is 10.1. The van der Waals surface area contributed by atoms with Crippen LogP contribution in [0.5, 0.6) is 11.5 Å². The molecule has 1 saturated carbocycles. The van der Waals surface area contributed by atoms with E-state index in [9.17, 15) is 5.11 Å². The number of nitrogens with zero attached hydrogens (tertiary/aromatic N) is 1. The van der Waals surface area contributed by atoms with Gasteiger partial charge in [-0.05, 0) is 48.1 Å². The van der Waals surface area contributed by atoms with Crippen LogP contribution in [0.4, 0.5) is 0 Å². The summed E-state index contributed by atoms with van der Waals surface area (Å²) in [7, 11) is 3.43. The Morgan fingerprint density at radius 1 is 1.27 bits per heavy atom. The Balaban J connectivity index is 1.89. The summed E-state index contributed by atoms with van der Waals surface area (Å²) in [6.45, 7) is 2.06. The molecule has 0 radical (unpaired) electrons. The van der Waals surface area contributed by atoms with E-state index in [4.69, 9.17) is 9.47 Å². The summed E-state index contributed by atoms with van der Waals surface area (Å²) >= 11 is 0. The van der Waals surface area contributed by atoms with Crippen LogP contribution >= 0.6 is 0 Å². The molecule has 2 heterocycles. The highest BCUT2D eigenvalue weighted by molar-refractivity contribution is 5.54. The van der Waals surface area contributed by atoms with Crippen LogP contribution in [0.15, 0.2) is 23.8 Å². The number of methoxy groups -OCH3 is 2. The summed E-state index contributed by atoms with van der Waals surface area (Å²) in [5.74, 6) is 0.814. The highest BCUT2D eigenvalue weighted by atomic mass is 16.5. The fourth-order valence-corrected chi connectivity index (χ4v) is 4.62. The van der Waals surface area contributed by atoms with Gasteiger partial charge in [0.05, 0.1) is 18.8 Å². The van der Waals surface area contributed by atoms with Crippen LogP contribution in [-0.2, 0) is 16.7 Å². The van der Waals surface area contributed by atoms with Crippen LogP contribution < -0.4 is 4.74 Å². The quantitative estimate of drug-likeness (QED) is 0.853. The molecule has 1 spiro atoms. The second kappa shape index (κ2) is 5.00. The van der Waals surface area contributed by atoms with Gasteiger partial charge in [-0.2, -0.15) is 0 Å². The van der Waals surface area contributed by atoms with Gasteiger partial charge in [0.15, 0.2) is 11.5 Å². The molecule has 118 valence electrons. The number of phenolic OH excluding ortho intramolecular Hbond substituents is 1. The molecule has 1 aliphatic carbocycles. The first-order chi connectivity index (χ1) is 10.7. The van der Waals surface area contributed by atoms with Gasteiger partial charge in [-0.3, -0.25) is 4.90 Å². The van der Waals surface area contributed by atoms with Gasteiger partial charge in [0.1, 0.15) is 0 Å². The Labute approximate surface area is 131 Å². The van der Waals surface area contributed by atoms with E-state index < -0.39 is 0 Å². The highest BCUT2D eigenvalue weighted by Gasteiger charge is 2.51. The van der Waals surface area contributed by atoms with Crippen molar-refractivity contribution in [2.75, 3.05) is 27.3 Å². The topological polar surface area (TPSA) is 41.9 Å². The molecule has 0 amide bonds. The molecule has 4 heteroatoms. The zero-order valence-corrected chi connectivity index (χ0v) is 13.3. The maximum atomic E-state index is 10.1. The predicted molar refractivity (Wildman–Crippen MR) is 84.3 cm³/mol. The van der Waals surface area contributed by atoms with Crippen LogP contribution in [0.25, 0.3) is 0 Å². The molecule has 0 saturated heterocycles. The SMILES string of the molecule is COc1cc2c(cc1O)CCN1CC=C3CCC(OC)CC321. The summed E-state index contributed by atoms with van der Waals surface area (Å²) in [6, 6.07) is 3.95. The lowest BCUT2D eigenvalue weighted by atomic mass is 9.69. The Morgan fingerprint density at radius 3 is 2.91 bits per heavy atom. The molecule has 1 fully saturated rings. The van der Waals surface area contributed by atoms with Crippen LogP contribution in [0.1, 0.15) is 30.4 Å². The first-order valence-corrected chi connectivity index (χ1v) is 8.06. The maximum Gasteiger partial charge on any atom is 0.160 e. The molecule has 1 N–H and O–H groups in total. The van der Waals surface area contributed by atoms with E-state index in [2.05, 4.69) is 11.0 Å². The normalized spacial score (nSPS) is 30.3. The third-order valence-electron chi connectivity index (χ3n) is 5.72. The molecule has 1 aromatic carbocycles. The fourth-order valence-electron chi connectivity index (χ4n) is 4.62. The Morgan fingerprint density at radius 2 is 2.14 bits per heavy atom.